The smallest absolute Gasteiger partial charge is 0.337 e. The van der Waals surface area contributed by atoms with Gasteiger partial charge < -0.3 is 9.67 Å². The van der Waals surface area contributed by atoms with Crippen molar-refractivity contribution in [2.24, 2.45) is 5.92 Å². The Morgan fingerprint density at radius 2 is 2.06 bits per heavy atom. The van der Waals surface area contributed by atoms with Gasteiger partial charge in [-0.05, 0) is 12.0 Å². The van der Waals surface area contributed by atoms with Crippen molar-refractivity contribution < 1.29 is 9.90 Å². The van der Waals surface area contributed by atoms with Crippen LogP contribution in [0, 0.1) is 5.92 Å². The van der Waals surface area contributed by atoms with Crippen LogP contribution in [0.3, 0.4) is 0 Å². The number of carbonyl (C=O) groups is 1. The van der Waals surface area contributed by atoms with Crippen LogP contribution in [0.15, 0.2) is 30.5 Å². The van der Waals surface area contributed by atoms with Crippen LogP contribution in [-0.2, 0) is 6.54 Å². The van der Waals surface area contributed by atoms with Crippen molar-refractivity contribution in [3.63, 3.8) is 0 Å². The highest BCUT2D eigenvalue weighted by atomic mass is 16.4. The summed E-state index contributed by atoms with van der Waals surface area (Å²) in [5.41, 5.74) is 1.38. The van der Waals surface area contributed by atoms with Crippen molar-refractivity contribution in [3.8, 4) is 0 Å². The number of fused-ring (bicyclic) bond motifs is 1. The fraction of sp³-hybridized carbons (Fsp3) is 0.308. The second-order valence-corrected chi connectivity index (χ2v) is 4.41. The summed E-state index contributed by atoms with van der Waals surface area (Å²) in [6.07, 6.45) is 1.73. The molecule has 0 fully saturated rings. The highest BCUT2D eigenvalue weighted by Gasteiger charge is 2.13. The topological polar surface area (TPSA) is 42.2 Å². The van der Waals surface area contributed by atoms with Gasteiger partial charge in [0.1, 0.15) is 0 Å². The van der Waals surface area contributed by atoms with E-state index in [0.717, 1.165) is 17.4 Å². The Morgan fingerprint density at radius 1 is 1.38 bits per heavy atom. The number of hydrogen-bond donors (Lipinski definition) is 1. The largest absolute Gasteiger partial charge is 0.478 e. The number of para-hydroxylation sites is 1. The molecule has 0 aliphatic rings. The summed E-state index contributed by atoms with van der Waals surface area (Å²) in [7, 11) is 0. The molecule has 0 saturated carbocycles. The zero-order valence-corrected chi connectivity index (χ0v) is 9.47. The monoisotopic (exact) mass is 217 g/mol. The third kappa shape index (κ3) is 1.81. The second kappa shape index (κ2) is 4.00. The highest BCUT2D eigenvalue weighted by Crippen LogP contribution is 2.22. The third-order valence-corrected chi connectivity index (χ3v) is 2.58. The van der Waals surface area contributed by atoms with Crippen LogP contribution in [0.4, 0.5) is 0 Å². The summed E-state index contributed by atoms with van der Waals surface area (Å²) in [5.74, 6) is -0.365. The molecule has 0 bridgehead atoms. The molecule has 84 valence electrons. The van der Waals surface area contributed by atoms with Crippen LogP contribution < -0.4 is 0 Å². The van der Waals surface area contributed by atoms with E-state index in [-0.39, 0.29) is 0 Å². The lowest BCUT2D eigenvalue weighted by molar-refractivity contribution is 0.0698. The quantitative estimate of drug-likeness (QED) is 0.858. The first kappa shape index (κ1) is 10.7. The summed E-state index contributed by atoms with van der Waals surface area (Å²) in [5, 5.41) is 9.93. The van der Waals surface area contributed by atoms with Gasteiger partial charge in [0.15, 0.2) is 0 Å². The van der Waals surface area contributed by atoms with E-state index in [9.17, 15) is 4.79 Å². The van der Waals surface area contributed by atoms with E-state index in [0.29, 0.717) is 11.5 Å². The average Bonchev–Trinajstić information content (AvgIpc) is 2.57. The molecule has 0 spiro atoms. The van der Waals surface area contributed by atoms with Crippen molar-refractivity contribution in [2.75, 3.05) is 0 Å². The molecule has 1 N–H and O–H groups in total. The number of carboxylic acids is 1. The Kier molecular flexibility index (Phi) is 2.69. The number of nitrogens with zero attached hydrogens (tertiary/aromatic N) is 1. The normalized spacial score (nSPS) is 11.2. The SMILES string of the molecule is CC(C)Cn1cc(C(=O)O)c2ccccc21. The van der Waals surface area contributed by atoms with Crippen LogP contribution in [0.1, 0.15) is 24.2 Å². The predicted molar refractivity (Wildman–Crippen MR) is 63.7 cm³/mol. The molecule has 0 atom stereocenters. The van der Waals surface area contributed by atoms with Crippen LogP contribution in [0.5, 0.6) is 0 Å². The molecule has 16 heavy (non-hydrogen) atoms. The van der Waals surface area contributed by atoms with Gasteiger partial charge in [0.2, 0.25) is 0 Å². The zero-order valence-electron chi connectivity index (χ0n) is 9.47. The van der Waals surface area contributed by atoms with E-state index >= 15 is 0 Å². The van der Waals surface area contributed by atoms with E-state index in [1.807, 2.05) is 28.8 Å². The van der Waals surface area contributed by atoms with Gasteiger partial charge in [-0.1, -0.05) is 32.0 Å². The summed E-state index contributed by atoms with van der Waals surface area (Å²) in [6.45, 7) is 5.08. The minimum atomic E-state index is -0.862. The van der Waals surface area contributed by atoms with Crippen molar-refractivity contribution in [3.05, 3.63) is 36.0 Å². The summed E-state index contributed by atoms with van der Waals surface area (Å²) < 4.78 is 2.02. The molecule has 2 rings (SSSR count). The summed E-state index contributed by atoms with van der Waals surface area (Å²) in [6, 6.07) is 7.62. The first-order valence-electron chi connectivity index (χ1n) is 5.40. The van der Waals surface area contributed by atoms with Crippen molar-refractivity contribution in [2.45, 2.75) is 20.4 Å². The van der Waals surface area contributed by atoms with Crippen molar-refractivity contribution in [1.82, 2.24) is 4.57 Å². The predicted octanol–water partition coefficient (Wildman–Crippen LogP) is 3.00. The Morgan fingerprint density at radius 3 is 2.69 bits per heavy atom. The van der Waals surface area contributed by atoms with Gasteiger partial charge in [0.25, 0.3) is 0 Å². The Bertz CT molecular complexity index is 526. The molecule has 0 radical (unpaired) electrons. The molecule has 1 heterocycles. The zero-order chi connectivity index (χ0) is 11.7. The number of hydrogen-bond acceptors (Lipinski definition) is 1. The molecule has 3 nitrogen and oxygen atoms in total. The molecule has 3 heteroatoms. The molecule has 0 unspecified atom stereocenters. The molecule has 0 aliphatic carbocycles. The van der Waals surface area contributed by atoms with Crippen LogP contribution in [0.2, 0.25) is 0 Å². The summed E-state index contributed by atoms with van der Waals surface area (Å²) >= 11 is 0. The molecule has 0 saturated heterocycles. The number of benzene rings is 1. The lowest BCUT2D eigenvalue weighted by Gasteiger charge is -2.07. The minimum Gasteiger partial charge on any atom is -0.478 e. The first-order valence-corrected chi connectivity index (χ1v) is 5.40. The molecule has 1 aromatic carbocycles. The number of rotatable bonds is 3. The molecular formula is C13H15NO2. The van der Waals surface area contributed by atoms with Gasteiger partial charge in [-0.25, -0.2) is 4.79 Å². The molecule has 0 aliphatic heterocycles. The van der Waals surface area contributed by atoms with Crippen LogP contribution in [-0.4, -0.2) is 15.6 Å². The maximum atomic E-state index is 11.1. The van der Waals surface area contributed by atoms with Crippen LogP contribution >= 0.6 is 0 Å². The van der Waals surface area contributed by atoms with Gasteiger partial charge in [-0.2, -0.15) is 0 Å². The molecular weight excluding hydrogens is 202 g/mol. The van der Waals surface area contributed by atoms with E-state index in [2.05, 4.69) is 13.8 Å². The Balaban J connectivity index is 2.62. The number of aromatic carboxylic acids is 1. The third-order valence-electron chi connectivity index (χ3n) is 2.58. The lowest BCUT2D eigenvalue weighted by atomic mass is 10.2. The first-order chi connectivity index (χ1) is 7.59. The number of aromatic nitrogens is 1. The van der Waals surface area contributed by atoms with Gasteiger partial charge in [-0.3, -0.25) is 0 Å². The van der Waals surface area contributed by atoms with E-state index in [1.54, 1.807) is 6.20 Å². The van der Waals surface area contributed by atoms with Crippen molar-refractivity contribution >= 4 is 16.9 Å². The second-order valence-electron chi connectivity index (χ2n) is 4.41. The van der Waals surface area contributed by atoms with Gasteiger partial charge in [0.05, 0.1) is 5.56 Å². The molecule has 0 amide bonds. The maximum Gasteiger partial charge on any atom is 0.337 e. The standard InChI is InChI=1S/C13H15NO2/c1-9(2)7-14-8-11(13(15)16)10-5-3-4-6-12(10)14/h3-6,8-9H,7H2,1-2H3,(H,15,16). The summed E-state index contributed by atoms with van der Waals surface area (Å²) in [4.78, 5) is 11.1. The van der Waals surface area contributed by atoms with E-state index in [1.165, 1.54) is 0 Å². The Labute approximate surface area is 94.3 Å². The fourth-order valence-corrected chi connectivity index (χ4v) is 1.96. The highest BCUT2D eigenvalue weighted by molar-refractivity contribution is 6.03. The molecule has 2 aromatic rings. The Hall–Kier alpha value is -1.77. The van der Waals surface area contributed by atoms with E-state index in [4.69, 9.17) is 5.11 Å². The fourth-order valence-electron chi connectivity index (χ4n) is 1.96. The van der Waals surface area contributed by atoms with Gasteiger partial charge in [-0.15, -0.1) is 0 Å². The van der Waals surface area contributed by atoms with Gasteiger partial charge in [0, 0.05) is 23.6 Å². The maximum absolute atomic E-state index is 11.1. The van der Waals surface area contributed by atoms with Crippen LogP contribution in [0.25, 0.3) is 10.9 Å². The van der Waals surface area contributed by atoms with E-state index < -0.39 is 5.97 Å². The molecule has 1 aromatic heterocycles. The minimum absolute atomic E-state index is 0.385. The average molecular weight is 217 g/mol. The van der Waals surface area contributed by atoms with Gasteiger partial charge >= 0.3 is 5.97 Å². The lowest BCUT2D eigenvalue weighted by Crippen LogP contribution is -2.02. The number of carboxylic acid groups (broad SMARTS) is 1. The van der Waals surface area contributed by atoms with Crippen molar-refractivity contribution in [1.29, 1.82) is 0 Å².